The number of alkyl halides is 5. The molecule has 2 aromatic rings. The summed E-state index contributed by atoms with van der Waals surface area (Å²) in [5.41, 5.74) is 1.88. The lowest BCUT2D eigenvalue weighted by Gasteiger charge is -2.43. The summed E-state index contributed by atoms with van der Waals surface area (Å²) >= 11 is 0. The van der Waals surface area contributed by atoms with Crippen LogP contribution in [0.5, 0.6) is 17.2 Å². The molecule has 0 bridgehead atoms. The van der Waals surface area contributed by atoms with Gasteiger partial charge in [-0.05, 0) is 48.6 Å². The Hall–Kier alpha value is -3.24. The summed E-state index contributed by atoms with van der Waals surface area (Å²) in [6.45, 7) is 2.80. The minimum Gasteiger partial charge on any atom is -0.508 e. The predicted molar refractivity (Wildman–Crippen MR) is 150 cm³/mol. The van der Waals surface area contributed by atoms with Crippen molar-refractivity contribution < 1.29 is 41.7 Å². The fourth-order valence-corrected chi connectivity index (χ4v) is 5.48. The van der Waals surface area contributed by atoms with E-state index in [1.54, 1.807) is 24.3 Å². The van der Waals surface area contributed by atoms with Crippen molar-refractivity contribution in [3.8, 4) is 17.2 Å². The average molecular weight is 601 g/mol. The molecule has 42 heavy (non-hydrogen) atoms. The third-order valence-corrected chi connectivity index (χ3v) is 8.02. The number of phenols is 2. The van der Waals surface area contributed by atoms with Gasteiger partial charge in [-0.2, -0.15) is 22.0 Å². The maximum absolute atomic E-state index is 12.9. The monoisotopic (exact) mass is 600 g/mol. The number of halogens is 5. The number of fused-ring (bicyclic) bond motifs is 1. The first kappa shape index (κ1) is 33.3. The summed E-state index contributed by atoms with van der Waals surface area (Å²) < 4.78 is 68.2. The number of urea groups is 1. The van der Waals surface area contributed by atoms with E-state index in [2.05, 4.69) is 17.6 Å². The van der Waals surface area contributed by atoms with Crippen LogP contribution < -0.4 is 15.4 Å². The molecule has 1 aliphatic rings. The van der Waals surface area contributed by atoms with Gasteiger partial charge in [-0.15, -0.1) is 0 Å². The highest BCUT2D eigenvalue weighted by Crippen LogP contribution is 2.49. The summed E-state index contributed by atoms with van der Waals surface area (Å²) in [6.07, 6.45) is 0.400. The van der Waals surface area contributed by atoms with E-state index < -0.39 is 31.0 Å². The number of hydrogen-bond donors (Lipinski definition) is 4. The first-order chi connectivity index (χ1) is 19.8. The van der Waals surface area contributed by atoms with Crippen molar-refractivity contribution in [1.82, 2.24) is 10.6 Å². The number of phenolic OH excluding ortho intramolecular Hbond substituents is 2. The van der Waals surface area contributed by atoms with Gasteiger partial charge in [0.2, 0.25) is 0 Å². The summed E-state index contributed by atoms with van der Waals surface area (Å²) in [5, 5.41) is 24.6. The van der Waals surface area contributed by atoms with E-state index >= 15 is 0 Å². The average Bonchev–Trinajstić information content (AvgIpc) is 2.93. The first-order valence-corrected chi connectivity index (χ1v) is 14.5. The zero-order chi connectivity index (χ0) is 30.8. The van der Waals surface area contributed by atoms with Gasteiger partial charge in [0.15, 0.2) is 0 Å². The lowest BCUT2D eigenvalue weighted by molar-refractivity contribution is -0.284. The van der Waals surface area contributed by atoms with E-state index in [4.69, 9.17) is 4.74 Å². The van der Waals surface area contributed by atoms with Gasteiger partial charge in [0.1, 0.15) is 17.2 Å². The van der Waals surface area contributed by atoms with Gasteiger partial charge in [-0.3, -0.25) is 0 Å². The minimum absolute atomic E-state index is 0.170. The third kappa shape index (κ3) is 9.13. The highest BCUT2D eigenvalue weighted by Gasteiger charge is 2.56. The van der Waals surface area contributed by atoms with Crippen molar-refractivity contribution in [2.24, 2.45) is 0 Å². The van der Waals surface area contributed by atoms with E-state index in [1.807, 2.05) is 18.2 Å². The van der Waals surface area contributed by atoms with Crippen molar-refractivity contribution in [2.75, 3.05) is 19.7 Å². The molecule has 2 aromatic carbocycles. The second-order valence-corrected chi connectivity index (χ2v) is 11.3. The normalized spacial score (nSPS) is 18.7. The highest BCUT2D eigenvalue weighted by molar-refractivity contribution is 5.73. The molecule has 6 nitrogen and oxygen atoms in total. The third-order valence-electron chi connectivity index (χ3n) is 8.02. The Morgan fingerprint density at radius 3 is 2.07 bits per heavy atom. The number of ether oxygens (including phenoxy) is 1. The van der Waals surface area contributed by atoms with Crippen molar-refractivity contribution in [2.45, 2.75) is 94.6 Å². The molecule has 2 amide bonds. The van der Waals surface area contributed by atoms with Gasteiger partial charge in [0.05, 0.1) is 6.61 Å². The van der Waals surface area contributed by atoms with Crippen LogP contribution in [-0.4, -0.2) is 48.0 Å². The molecule has 0 saturated carbocycles. The molecule has 0 aromatic heterocycles. The lowest BCUT2D eigenvalue weighted by Crippen LogP contribution is -2.40. The van der Waals surface area contributed by atoms with Crippen LogP contribution in [0.4, 0.5) is 26.7 Å². The van der Waals surface area contributed by atoms with E-state index in [0.29, 0.717) is 18.9 Å². The molecule has 0 saturated heterocycles. The molecular formula is C31H41F5N2O4. The molecule has 0 aliphatic carbocycles. The Balaban J connectivity index is 1.32. The Morgan fingerprint density at radius 2 is 1.43 bits per heavy atom. The fraction of sp³-hybridized carbons (Fsp3) is 0.581. The number of nitrogens with one attached hydrogen (secondary N) is 2. The van der Waals surface area contributed by atoms with Crippen molar-refractivity contribution in [1.29, 1.82) is 0 Å². The molecule has 0 fully saturated rings. The van der Waals surface area contributed by atoms with E-state index in [9.17, 15) is 37.0 Å². The molecule has 1 heterocycles. The van der Waals surface area contributed by atoms with Gasteiger partial charge in [0.25, 0.3) is 0 Å². The molecular weight excluding hydrogens is 559 g/mol. The second kappa shape index (κ2) is 14.8. The molecule has 4 N–H and O–H groups in total. The van der Waals surface area contributed by atoms with Crippen LogP contribution in [0.15, 0.2) is 42.5 Å². The zero-order valence-electron chi connectivity index (χ0n) is 23.9. The predicted octanol–water partition coefficient (Wildman–Crippen LogP) is 7.93. The number of carbonyl (C=O) groups is 1. The quantitative estimate of drug-likeness (QED) is 0.123. The Morgan fingerprint density at radius 1 is 0.857 bits per heavy atom. The van der Waals surface area contributed by atoms with Crippen LogP contribution in [0.1, 0.15) is 88.2 Å². The van der Waals surface area contributed by atoms with Crippen LogP contribution in [0.2, 0.25) is 0 Å². The SMILES string of the molecule is C[C@]1(c2ccc(O)cc2)COc2cc(O)ccc2[C@H]1CCCCCCCCCNC(=O)NCCCC(F)(F)C(F)(F)F. The number of benzene rings is 2. The number of aromatic hydroxyl groups is 2. The number of hydrogen-bond acceptors (Lipinski definition) is 4. The number of unbranched alkanes of at least 4 members (excludes halogenated alkanes) is 6. The molecule has 0 unspecified atom stereocenters. The van der Waals surface area contributed by atoms with Gasteiger partial charge >= 0.3 is 18.1 Å². The van der Waals surface area contributed by atoms with Gasteiger partial charge in [0, 0.05) is 36.9 Å². The van der Waals surface area contributed by atoms with Crippen molar-refractivity contribution >= 4 is 6.03 Å². The molecule has 0 spiro atoms. The Labute approximate surface area is 243 Å². The number of rotatable bonds is 15. The maximum atomic E-state index is 12.9. The topological polar surface area (TPSA) is 90.8 Å². The van der Waals surface area contributed by atoms with Crippen LogP contribution >= 0.6 is 0 Å². The smallest absolute Gasteiger partial charge is 0.453 e. The van der Waals surface area contributed by atoms with Crippen molar-refractivity contribution in [3.63, 3.8) is 0 Å². The highest BCUT2D eigenvalue weighted by atomic mass is 19.4. The number of carbonyl (C=O) groups excluding carboxylic acids is 1. The molecule has 2 atom stereocenters. The second-order valence-electron chi connectivity index (χ2n) is 11.3. The standard InChI is InChI=1S/C31H41F5N2O4/c1-29(22-11-13-23(39)14-12-22)21-42-27-20-24(40)15-16-25(27)26(29)10-7-5-3-2-4-6-8-18-37-28(41)38-19-9-17-30(32,33)31(34,35)36/h11-16,20,26,39-40H,2-10,17-19,21H2,1H3,(H2,37,38,41)/t26-,29-/m1/s1. The minimum atomic E-state index is -5.58. The summed E-state index contributed by atoms with van der Waals surface area (Å²) in [6, 6.07) is 12.0. The van der Waals surface area contributed by atoms with Gasteiger partial charge in [-0.1, -0.05) is 63.6 Å². The zero-order valence-corrected chi connectivity index (χ0v) is 23.9. The molecule has 234 valence electrons. The van der Waals surface area contributed by atoms with E-state index in [1.165, 1.54) is 0 Å². The largest absolute Gasteiger partial charge is 0.508 e. The fourth-order valence-electron chi connectivity index (χ4n) is 5.48. The summed E-state index contributed by atoms with van der Waals surface area (Å²) in [7, 11) is 0. The molecule has 11 heteroatoms. The number of amides is 2. The van der Waals surface area contributed by atoms with Crippen LogP contribution in [0.25, 0.3) is 0 Å². The molecule has 1 aliphatic heterocycles. The summed E-state index contributed by atoms with van der Waals surface area (Å²) in [4.78, 5) is 11.7. The van der Waals surface area contributed by atoms with Crippen LogP contribution in [0.3, 0.4) is 0 Å². The first-order valence-electron chi connectivity index (χ1n) is 14.5. The molecule has 3 rings (SSSR count). The maximum Gasteiger partial charge on any atom is 0.453 e. The van der Waals surface area contributed by atoms with Crippen LogP contribution in [-0.2, 0) is 5.41 Å². The van der Waals surface area contributed by atoms with Gasteiger partial charge < -0.3 is 25.6 Å². The Bertz CT molecular complexity index is 1140. The molecule has 0 radical (unpaired) electrons. The van der Waals surface area contributed by atoms with Gasteiger partial charge in [-0.25, -0.2) is 4.79 Å². The Kier molecular flexibility index (Phi) is 11.7. The summed E-state index contributed by atoms with van der Waals surface area (Å²) in [5.74, 6) is -3.47. The van der Waals surface area contributed by atoms with Crippen LogP contribution in [0, 0.1) is 0 Å². The van der Waals surface area contributed by atoms with Crippen molar-refractivity contribution in [3.05, 3.63) is 53.6 Å². The van der Waals surface area contributed by atoms with E-state index in [-0.39, 0.29) is 29.4 Å². The lowest BCUT2D eigenvalue weighted by atomic mass is 9.66. The van der Waals surface area contributed by atoms with E-state index in [0.717, 1.165) is 62.5 Å².